The molecule has 7 rings (SSSR count). The lowest BCUT2D eigenvalue weighted by molar-refractivity contribution is 1.37. The SMILES string of the molecule is C1=Cc2nc1c1ccc(ccc3ccc(s3)c3nc(c4ccc(ccc5ccc2s5)s4)C=C3)s1. The van der Waals surface area contributed by atoms with Gasteiger partial charge in [-0.3, -0.25) is 0 Å². The van der Waals surface area contributed by atoms with Crippen LogP contribution < -0.4 is 0 Å². The summed E-state index contributed by atoms with van der Waals surface area (Å²) in [5.74, 6) is 0. The van der Waals surface area contributed by atoms with Crippen LogP contribution in [-0.2, 0) is 0 Å². The molecule has 0 fully saturated rings. The molecule has 34 heavy (non-hydrogen) atoms. The normalized spacial score (nSPS) is 12.5. The van der Waals surface area contributed by atoms with Crippen molar-refractivity contribution in [1.29, 1.82) is 0 Å². The summed E-state index contributed by atoms with van der Waals surface area (Å²) in [5, 5.41) is 0. The van der Waals surface area contributed by atoms with E-state index in [1.54, 1.807) is 45.3 Å². The molecular weight excluding hydrogens is 493 g/mol. The van der Waals surface area contributed by atoms with Crippen molar-refractivity contribution < 1.29 is 0 Å². The second-order valence-corrected chi connectivity index (χ2v) is 12.4. The van der Waals surface area contributed by atoms with E-state index in [1.165, 1.54) is 37.6 Å². The molecule has 162 valence electrons. The van der Waals surface area contributed by atoms with E-state index in [0.29, 0.717) is 0 Å². The first-order valence-corrected chi connectivity index (χ1v) is 14.1. The summed E-state index contributed by atoms with van der Waals surface area (Å²) in [7, 11) is 0. The molecule has 5 aromatic heterocycles. The van der Waals surface area contributed by atoms with E-state index in [-0.39, 0.29) is 0 Å². The van der Waals surface area contributed by atoms with Crippen molar-refractivity contribution in [2.75, 3.05) is 0 Å². The average molecular weight is 509 g/mol. The Labute approximate surface area is 211 Å². The van der Waals surface area contributed by atoms with Crippen LogP contribution in [0.1, 0.15) is 22.8 Å². The number of thiophene rings is 4. The van der Waals surface area contributed by atoms with Gasteiger partial charge in [0.1, 0.15) is 0 Å². The van der Waals surface area contributed by atoms with Gasteiger partial charge in [0, 0.05) is 18.8 Å². The molecule has 0 saturated heterocycles. The van der Waals surface area contributed by atoms with Crippen LogP contribution >= 0.6 is 45.3 Å². The number of fused-ring (bicyclic) bond motifs is 16. The topological polar surface area (TPSA) is 25.8 Å². The van der Waals surface area contributed by atoms with Gasteiger partial charge in [-0.2, -0.15) is 0 Å². The summed E-state index contributed by atoms with van der Waals surface area (Å²) in [6, 6.07) is 26.1. The first-order chi connectivity index (χ1) is 16.8. The van der Waals surface area contributed by atoms with E-state index in [1.807, 2.05) is 0 Å². The molecule has 0 spiro atoms. The largest absolute Gasteiger partial charge is 0.246 e. The molecule has 0 unspecified atom stereocenters. The summed E-state index contributed by atoms with van der Waals surface area (Å²) in [6.07, 6.45) is 8.50. The second kappa shape index (κ2) is 8.25. The number of aromatic nitrogens is 2. The molecule has 0 amide bonds. The fourth-order valence-corrected chi connectivity index (χ4v) is 7.44. The summed E-state index contributed by atoms with van der Waals surface area (Å²) in [6.45, 7) is 0. The predicted octanol–water partition coefficient (Wildman–Crippen LogP) is 9.68. The number of rotatable bonds is 0. The fraction of sp³-hybridized carbons (Fsp3) is 0. The van der Waals surface area contributed by atoms with E-state index in [4.69, 9.17) is 9.97 Å². The molecule has 0 aliphatic carbocycles. The van der Waals surface area contributed by atoms with Crippen molar-refractivity contribution in [2.24, 2.45) is 0 Å². The third-order valence-electron chi connectivity index (χ3n) is 5.62. The minimum absolute atomic E-state index is 1.04. The van der Waals surface area contributed by atoms with Gasteiger partial charge >= 0.3 is 0 Å². The Bertz CT molecular complexity index is 1610. The number of hydrogen-bond donors (Lipinski definition) is 0. The van der Waals surface area contributed by atoms with Crippen molar-refractivity contribution in [3.63, 3.8) is 0 Å². The van der Waals surface area contributed by atoms with Crippen LogP contribution in [0, 0.1) is 0 Å². The molecule has 0 atom stereocenters. The van der Waals surface area contributed by atoms with E-state index in [0.717, 1.165) is 22.8 Å². The zero-order valence-corrected chi connectivity index (χ0v) is 21.0. The molecule has 5 aromatic rings. The lowest BCUT2D eigenvalue weighted by Crippen LogP contribution is -1.72. The molecule has 12 bridgehead atoms. The van der Waals surface area contributed by atoms with Crippen molar-refractivity contribution in [1.82, 2.24) is 9.97 Å². The van der Waals surface area contributed by atoms with Crippen LogP contribution in [0.3, 0.4) is 0 Å². The van der Waals surface area contributed by atoms with E-state index in [9.17, 15) is 0 Å². The van der Waals surface area contributed by atoms with Gasteiger partial charge in [-0.15, -0.1) is 45.3 Å². The van der Waals surface area contributed by atoms with Gasteiger partial charge in [0.25, 0.3) is 0 Å². The Hall–Kier alpha value is -3.16. The van der Waals surface area contributed by atoms with Crippen LogP contribution in [0.5, 0.6) is 0 Å². The first-order valence-electron chi connectivity index (χ1n) is 10.8. The molecule has 0 saturated carbocycles. The van der Waals surface area contributed by atoms with Crippen molar-refractivity contribution in [2.45, 2.75) is 0 Å². The second-order valence-electron chi connectivity index (χ2n) is 7.91. The van der Waals surface area contributed by atoms with E-state index >= 15 is 0 Å². The number of hydrogen-bond acceptors (Lipinski definition) is 6. The van der Waals surface area contributed by atoms with E-state index < -0.39 is 0 Å². The molecule has 0 N–H and O–H groups in total. The standard InChI is InChI=1S/C28H16N2S4/c1-2-18-6-14-26(32-18)22-11-12-24(30-22)28-16-8-20(34-28)4-3-19-7-15-27(33-19)23-10-9-21(29-23)25-13-5-17(1)31-25/h1-16H. The lowest BCUT2D eigenvalue weighted by atomic mass is 10.3. The summed E-state index contributed by atoms with van der Waals surface area (Å²) in [4.78, 5) is 9.83. The highest BCUT2D eigenvalue weighted by Gasteiger charge is 2.06. The Morgan fingerprint density at radius 1 is 0.324 bits per heavy atom. The number of nitrogens with zero attached hydrogens (tertiary/aromatic N) is 2. The van der Waals surface area contributed by atoms with Crippen molar-refractivity contribution >= 4 is 107 Å². The highest BCUT2D eigenvalue weighted by molar-refractivity contribution is 7.25. The third kappa shape index (κ3) is 3.79. The van der Waals surface area contributed by atoms with Gasteiger partial charge in [0.15, 0.2) is 0 Å². The van der Waals surface area contributed by atoms with E-state index in [2.05, 4.69) is 97.1 Å². The van der Waals surface area contributed by atoms with Crippen LogP contribution in [0.25, 0.3) is 61.9 Å². The molecule has 0 radical (unpaired) electrons. The predicted molar refractivity (Wildman–Crippen MR) is 154 cm³/mol. The summed E-state index contributed by atoms with van der Waals surface area (Å²) in [5.41, 5.74) is 4.15. The Balaban J connectivity index is 1.50. The van der Waals surface area contributed by atoms with Gasteiger partial charge < -0.3 is 0 Å². The monoisotopic (exact) mass is 508 g/mol. The lowest BCUT2D eigenvalue weighted by Gasteiger charge is -1.85. The highest BCUT2D eigenvalue weighted by Crippen LogP contribution is 2.30. The van der Waals surface area contributed by atoms with Gasteiger partial charge in [0.05, 0.1) is 41.6 Å². The van der Waals surface area contributed by atoms with Crippen molar-refractivity contribution in [3.8, 4) is 0 Å². The fourth-order valence-electron chi connectivity index (χ4n) is 3.92. The maximum atomic E-state index is 4.92. The minimum atomic E-state index is 1.04. The Morgan fingerprint density at radius 2 is 0.559 bits per heavy atom. The maximum absolute atomic E-state index is 4.92. The van der Waals surface area contributed by atoms with Crippen LogP contribution in [0.15, 0.2) is 72.8 Å². The molecule has 7 heterocycles. The van der Waals surface area contributed by atoms with Gasteiger partial charge in [-0.25, -0.2) is 9.97 Å². The Kier molecular flexibility index (Phi) is 4.91. The summed E-state index contributed by atoms with van der Waals surface area (Å²) >= 11 is 7.09. The molecule has 2 aliphatic heterocycles. The maximum Gasteiger partial charge on any atom is 0.0810 e. The van der Waals surface area contributed by atoms with Crippen LogP contribution in [-0.4, -0.2) is 9.97 Å². The molecular formula is C28H16N2S4. The molecule has 2 nitrogen and oxygen atoms in total. The molecule has 0 aromatic carbocycles. The first kappa shape index (κ1) is 20.2. The van der Waals surface area contributed by atoms with Crippen molar-refractivity contribution in [3.05, 3.63) is 95.6 Å². The molecule has 2 aliphatic rings. The quantitative estimate of drug-likeness (QED) is 0.204. The Morgan fingerprint density at radius 3 is 0.824 bits per heavy atom. The minimum Gasteiger partial charge on any atom is -0.246 e. The zero-order valence-electron chi connectivity index (χ0n) is 17.8. The van der Waals surface area contributed by atoms with Crippen LogP contribution in [0.2, 0.25) is 0 Å². The molecule has 6 heteroatoms. The van der Waals surface area contributed by atoms with Gasteiger partial charge in [-0.05, 0) is 97.1 Å². The summed E-state index contributed by atoms with van der Waals surface area (Å²) < 4.78 is 9.67. The highest BCUT2D eigenvalue weighted by atomic mass is 32.1. The third-order valence-corrected chi connectivity index (χ3v) is 9.91. The van der Waals surface area contributed by atoms with Gasteiger partial charge in [-0.1, -0.05) is 0 Å². The average Bonchev–Trinajstić information content (AvgIpc) is 3.68. The zero-order chi connectivity index (χ0) is 22.5. The van der Waals surface area contributed by atoms with Gasteiger partial charge in [0.2, 0.25) is 0 Å². The smallest absolute Gasteiger partial charge is 0.0810 e. The van der Waals surface area contributed by atoms with Crippen LogP contribution in [0.4, 0.5) is 0 Å².